The number of nitrogens with zero attached hydrogens (tertiary/aromatic N) is 4. The molecule has 0 spiro atoms. The Morgan fingerprint density at radius 2 is 1.77 bits per heavy atom. The van der Waals surface area contributed by atoms with Crippen LogP contribution in [-0.4, -0.2) is 42.5 Å². The van der Waals surface area contributed by atoms with Gasteiger partial charge in [0.15, 0.2) is 5.82 Å². The fourth-order valence-electron chi connectivity index (χ4n) is 3.66. The number of hydrogen-bond acceptors (Lipinski definition) is 6. The van der Waals surface area contributed by atoms with Crippen molar-refractivity contribution < 1.29 is 12.8 Å². The number of piperidine rings is 1. The van der Waals surface area contributed by atoms with Gasteiger partial charge < -0.3 is 4.90 Å². The van der Waals surface area contributed by atoms with Crippen molar-refractivity contribution in [3.05, 3.63) is 65.9 Å². The van der Waals surface area contributed by atoms with Crippen LogP contribution in [0.1, 0.15) is 24.1 Å². The molecule has 1 N–H and O–H groups in total. The van der Waals surface area contributed by atoms with Gasteiger partial charge in [0.1, 0.15) is 11.6 Å². The van der Waals surface area contributed by atoms with Gasteiger partial charge >= 0.3 is 0 Å². The second-order valence-corrected chi connectivity index (χ2v) is 9.37. The smallest absolute Gasteiger partial charge is 0.240 e. The normalized spacial score (nSPS) is 15.3. The van der Waals surface area contributed by atoms with Crippen LogP contribution < -0.4 is 9.62 Å². The van der Waals surface area contributed by atoms with Crippen molar-refractivity contribution in [2.75, 3.05) is 18.0 Å². The largest absolute Gasteiger partial charge is 0.356 e. The van der Waals surface area contributed by atoms with Crippen LogP contribution in [0.15, 0.2) is 53.7 Å². The summed E-state index contributed by atoms with van der Waals surface area (Å²) in [6, 6.07) is 8.45. The molecule has 0 atom stereocenters. The van der Waals surface area contributed by atoms with Gasteiger partial charge in [0.25, 0.3) is 0 Å². The third-order valence-corrected chi connectivity index (χ3v) is 7.06. The zero-order valence-electron chi connectivity index (χ0n) is 17.4. The summed E-state index contributed by atoms with van der Waals surface area (Å²) in [6.45, 7) is 5.30. The molecular formula is C22H24FN5O2S. The molecule has 162 valence electrons. The average Bonchev–Trinajstić information content (AvgIpc) is 2.77. The van der Waals surface area contributed by atoms with Crippen LogP contribution in [0, 0.1) is 19.7 Å². The first-order valence-electron chi connectivity index (χ1n) is 10.1. The van der Waals surface area contributed by atoms with E-state index in [9.17, 15) is 12.8 Å². The third kappa shape index (κ3) is 4.72. The van der Waals surface area contributed by atoms with Crippen LogP contribution in [0.4, 0.5) is 10.2 Å². The van der Waals surface area contributed by atoms with E-state index in [1.807, 2.05) is 26.0 Å². The molecule has 2 aromatic heterocycles. The minimum atomic E-state index is -3.68. The number of benzene rings is 1. The summed E-state index contributed by atoms with van der Waals surface area (Å²) >= 11 is 0. The summed E-state index contributed by atoms with van der Waals surface area (Å²) in [4.78, 5) is 15.8. The van der Waals surface area contributed by atoms with Crippen LogP contribution in [0.5, 0.6) is 0 Å². The molecule has 0 unspecified atom stereocenters. The molecule has 1 aliphatic heterocycles. The van der Waals surface area contributed by atoms with Crippen molar-refractivity contribution >= 4 is 15.8 Å². The number of pyridine rings is 1. The molecule has 0 saturated carbocycles. The Morgan fingerprint density at radius 1 is 1.06 bits per heavy atom. The first-order chi connectivity index (χ1) is 14.8. The SMILES string of the molecule is Cc1nc(-c2cccnc2)nc(N2CCC(NS(=O)(=O)c3ccc(F)cc3)CC2)c1C. The number of rotatable bonds is 5. The van der Waals surface area contributed by atoms with Gasteiger partial charge in [0.2, 0.25) is 10.0 Å². The van der Waals surface area contributed by atoms with Crippen molar-refractivity contribution in [1.82, 2.24) is 19.7 Å². The quantitative estimate of drug-likeness (QED) is 0.654. The molecule has 7 nitrogen and oxygen atoms in total. The maximum absolute atomic E-state index is 13.1. The molecular weight excluding hydrogens is 417 g/mol. The first-order valence-corrected chi connectivity index (χ1v) is 11.6. The highest BCUT2D eigenvalue weighted by molar-refractivity contribution is 7.89. The highest BCUT2D eigenvalue weighted by Gasteiger charge is 2.26. The van der Waals surface area contributed by atoms with E-state index in [0.717, 1.165) is 34.8 Å². The predicted octanol–water partition coefficient (Wildman–Crippen LogP) is 3.24. The van der Waals surface area contributed by atoms with Crippen LogP contribution >= 0.6 is 0 Å². The molecule has 1 saturated heterocycles. The molecule has 1 fully saturated rings. The average molecular weight is 442 g/mol. The second kappa shape index (κ2) is 8.68. The van der Waals surface area contributed by atoms with Crippen molar-refractivity contribution in [3.8, 4) is 11.4 Å². The number of hydrogen-bond donors (Lipinski definition) is 1. The topological polar surface area (TPSA) is 88.1 Å². The molecule has 0 amide bonds. The molecule has 3 aromatic rings. The van der Waals surface area contributed by atoms with Gasteiger partial charge in [-0.1, -0.05) is 0 Å². The third-order valence-electron chi connectivity index (χ3n) is 5.52. The number of aryl methyl sites for hydroxylation is 1. The number of halogens is 1. The van der Waals surface area contributed by atoms with Crippen LogP contribution in [-0.2, 0) is 10.0 Å². The van der Waals surface area contributed by atoms with Crippen molar-refractivity contribution in [2.45, 2.75) is 37.6 Å². The molecule has 31 heavy (non-hydrogen) atoms. The zero-order chi connectivity index (χ0) is 22.0. The van der Waals surface area contributed by atoms with E-state index in [4.69, 9.17) is 4.98 Å². The Labute approximate surface area is 181 Å². The van der Waals surface area contributed by atoms with Gasteiger partial charge in [-0.3, -0.25) is 4.98 Å². The van der Waals surface area contributed by atoms with Crippen LogP contribution in [0.2, 0.25) is 0 Å². The molecule has 1 aliphatic rings. The Morgan fingerprint density at radius 3 is 2.42 bits per heavy atom. The molecule has 3 heterocycles. The van der Waals surface area contributed by atoms with Crippen LogP contribution in [0.25, 0.3) is 11.4 Å². The fourth-order valence-corrected chi connectivity index (χ4v) is 4.96. The van der Waals surface area contributed by atoms with Crippen molar-refractivity contribution in [2.24, 2.45) is 0 Å². The van der Waals surface area contributed by atoms with Gasteiger partial charge in [-0.25, -0.2) is 27.5 Å². The van der Waals surface area contributed by atoms with E-state index < -0.39 is 15.8 Å². The van der Waals surface area contributed by atoms with Gasteiger partial charge in [0.05, 0.1) is 4.90 Å². The molecule has 0 aliphatic carbocycles. The summed E-state index contributed by atoms with van der Waals surface area (Å²) in [5.74, 6) is 1.03. The second-order valence-electron chi connectivity index (χ2n) is 7.66. The Hall–Kier alpha value is -2.91. The molecule has 0 radical (unpaired) electrons. The zero-order valence-corrected chi connectivity index (χ0v) is 18.2. The van der Waals surface area contributed by atoms with Crippen molar-refractivity contribution in [1.29, 1.82) is 0 Å². The lowest BCUT2D eigenvalue weighted by molar-refractivity contribution is 0.458. The highest BCUT2D eigenvalue weighted by Crippen LogP contribution is 2.27. The van der Waals surface area contributed by atoms with Gasteiger partial charge in [0, 0.05) is 48.3 Å². The Bertz CT molecular complexity index is 1160. The summed E-state index contributed by atoms with van der Waals surface area (Å²) in [6.07, 6.45) is 4.74. The maximum atomic E-state index is 13.1. The standard InChI is InChI=1S/C22H24FN5O2S/c1-15-16(2)25-21(17-4-3-11-24-14-17)26-22(15)28-12-9-19(10-13-28)27-31(29,30)20-7-5-18(23)6-8-20/h3-8,11,14,19,27H,9-10,12-13H2,1-2H3. The number of anilines is 1. The van der Waals surface area contributed by atoms with Gasteiger partial charge in [-0.15, -0.1) is 0 Å². The summed E-state index contributed by atoms with van der Waals surface area (Å²) in [7, 11) is -3.68. The Kier molecular flexibility index (Phi) is 5.97. The van der Waals surface area contributed by atoms with Crippen LogP contribution in [0.3, 0.4) is 0 Å². The number of sulfonamides is 1. The number of aromatic nitrogens is 3. The van der Waals surface area contributed by atoms with E-state index in [2.05, 4.69) is 19.6 Å². The van der Waals surface area contributed by atoms with E-state index in [-0.39, 0.29) is 10.9 Å². The Balaban J connectivity index is 1.48. The minimum Gasteiger partial charge on any atom is -0.356 e. The molecule has 0 bridgehead atoms. The van der Waals surface area contributed by atoms with E-state index in [1.165, 1.54) is 12.1 Å². The first kappa shape index (κ1) is 21.3. The fraction of sp³-hybridized carbons (Fsp3) is 0.318. The minimum absolute atomic E-state index is 0.0692. The monoisotopic (exact) mass is 441 g/mol. The summed E-state index contributed by atoms with van der Waals surface area (Å²) in [5, 5.41) is 0. The lowest BCUT2D eigenvalue weighted by atomic mass is 10.1. The molecule has 4 rings (SSSR count). The summed E-state index contributed by atoms with van der Waals surface area (Å²) in [5.41, 5.74) is 2.77. The molecule has 1 aromatic carbocycles. The predicted molar refractivity (Wildman–Crippen MR) is 117 cm³/mol. The van der Waals surface area contributed by atoms with Crippen molar-refractivity contribution in [3.63, 3.8) is 0 Å². The van der Waals surface area contributed by atoms with E-state index >= 15 is 0 Å². The summed E-state index contributed by atoms with van der Waals surface area (Å²) < 4.78 is 41.0. The lowest BCUT2D eigenvalue weighted by Crippen LogP contribution is -2.45. The number of nitrogens with one attached hydrogen (secondary N) is 1. The lowest BCUT2D eigenvalue weighted by Gasteiger charge is -2.34. The van der Waals surface area contributed by atoms with Gasteiger partial charge in [-0.05, 0) is 63.1 Å². The maximum Gasteiger partial charge on any atom is 0.240 e. The highest BCUT2D eigenvalue weighted by atomic mass is 32.2. The van der Waals surface area contributed by atoms with Gasteiger partial charge in [-0.2, -0.15) is 0 Å². The molecule has 9 heteroatoms. The van der Waals surface area contributed by atoms with E-state index in [1.54, 1.807) is 12.4 Å². The van der Waals surface area contributed by atoms with E-state index in [0.29, 0.717) is 31.8 Å².